The summed E-state index contributed by atoms with van der Waals surface area (Å²) in [5.74, 6) is 0.876. The number of nitrogens with zero attached hydrogens (tertiary/aromatic N) is 1. The van der Waals surface area contributed by atoms with Crippen molar-refractivity contribution < 1.29 is 9.47 Å². The molecular formula is C15H23N3O2S. The first-order valence-electron chi connectivity index (χ1n) is 7.23. The van der Waals surface area contributed by atoms with Crippen LogP contribution in [-0.4, -0.2) is 56.5 Å². The van der Waals surface area contributed by atoms with Crippen molar-refractivity contribution in [1.82, 2.24) is 15.5 Å². The highest BCUT2D eigenvalue weighted by molar-refractivity contribution is 7.80. The molecule has 0 aromatic heterocycles. The standard InChI is InChI=1S/C15H23N3O2S/c1-19-14-5-3-2-4-13(14)12-17-15(21)16-6-7-18-8-10-20-11-9-18/h2-5H,6-12H2,1H3,(H2,16,17,21). The molecule has 1 aromatic carbocycles. The molecule has 0 spiro atoms. The molecule has 1 aromatic rings. The average Bonchev–Trinajstić information content (AvgIpc) is 2.54. The molecular weight excluding hydrogens is 286 g/mol. The second-order valence-corrected chi connectivity index (χ2v) is 5.28. The molecule has 116 valence electrons. The molecule has 2 rings (SSSR count). The van der Waals surface area contributed by atoms with Gasteiger partial charge in [-0.25, -0.2) is 0 Å². The summed E-state index contributed by atoms with van der Waals surface area (Å²) in [6.07, 6.45) is 0. The minimum Gasteiger partial charge on any atom is -0.496 e. The van der Waals surface area contributed by atoms with Crippen molar-refractivity contribution in [1.29, 1.82) is 0 Å². The first kappa shape index (κ1) is 16.0. The van der Waals surface area contributed by atoms with Gasteiger partial charge in [0.2, 0.25) is 0 Å². The van der Waals surface area contributed by atoms with E-state index in [-0.39, 0.29) is 0 Å². The highest BCUT2D eigenvalue weighted by Crippen LogP contribution is 2.16. The molecule has 0 radical (unpaired) electrons. The first-order valence-corrected chi connectivity index (χ1v) is 7.64. The van der Waals surface area contributed by atoms with E-state index < -0.39 is 0 Å². The lowest BCUT2D eigenvalue weighted by Gasteiger charge is -2.26. The Kier molecular flexibility index (Phi) is 6.72. The van der Waals surface area contributed by atoms with E-state index in [1.165, 1.54) is 0 Å². The van der Waals surface area contributed by atoms with Crippen LogP contribution in [0.2, 0.25) is 0 Å². The van der Waals surface area contributed by atoms with Crippen molar-refractivity contribution in [2.45, 2.75) is 6.54 Å². The van der Waals surface area contributed by atoms with Gasteiger partial charge in [-0.15, -0.1) is 0 Å². The van der Waals surface area contributed by atoms with Crippen LogP contribution in [0.15, 0.2) is 24.3 Å². The molecule has 0 unspecified atom stereocenters. The molecule has 1 heterocycles. The summed E-state index contributed by atoms with van der Waals surface area (Å²) in [6, 6.07) is 7.93. The van der Waals surface area contributed by atoms with Gasteiger partial charge in [0.1, 0.15) is 5.75 Å². The van der Waals surface area contributed by atoms with Crippen molar-refractivity contribution in [2.24, 2.45) is 0 Å². The minimum absolute atomic E-state index is 0.660. The van der Waals surface area contributed by atoms with E-state index in [9.17, 15) is 0 Å². The molecule has 0 bridgehead atoms. The van der Waals surface area contributed by atoms with Crippen molar-refractivity contribution in [3.8, 4) is 5.75 Å². The van der Waals surface area contributed by atoms with Crippen LogP contribution in [0.3, 0.4) is 0 Å². The summed E-state index contributed by atoms with van der Waals surface area (Å²) in [7, 11) is 1.68. The predicted molar refractivity (Wildman–Crippen MR) is 87.7 cm³/mol. The van der Waals surface area contributed by atoms with E-state index in [2.05, 4.69) is 15.5 Å². The van der Waals surface area contributed by atoms with Crippen LogP contribution in [0.25, 0.3) is 0 Å². The van der Waals surface area contributed by atoms with Crippen LogP contribution >= 0.6 is 12.2 Å². The van der Waals surface area contributed by atoms with Crippen LogP contribution in [0, 0.1) is 0 Å². The van der Waals surface area contributed by atoms with Gasteiger partial charge in [0, 0.05) is 38.3 Å². The predicted octanol–water partition coefficient (Wildman–Crippen LogP) is 0.991. The zero-order valence-corrected chi connectivity index (χ0v) is 13.2. The Hall–Kier alpha value is -1.37. The molecule has 0 aliphatic carbocycles. The zero-order valence-electron chi connectivity index (χ0n) is 12.4. The molecule has 1 saturated heterocycles. The Morgan fingerprint density at radius 2 is 2.05 bits per heavy atom. The van der Waals surface area contributed by atoms with Crippen LogP contribution in [0.4, 0.5) is 0 Å². The molecule has 0 amide bonds. The Morgan fingerprint density at radius 1 is 1.29 bits per heavy atom. The van der Waals surface area contributed by atoms with E-state index in [1.807, 2.05) is 24.3 Å². The second-order valence-electron chi connectivity index (χ2n) is 4.88. The number of thiocarbonyl (C=S) groups is 1. The number of rotatable bonds is 6. The van der Waals surface area contributed by atoms with Crippen LogP contribution in [-0.2, 0) is 11.3 Å². The van der Waals surface area contributed by atoms with Gasteiger partial charge in [-0.2, -0.15) is 0 Å². The topological polar surface area (TPSA) is 45.8 Å². The lowest BCUT2D eigenvalue weighted by atomic mass is 10.2. The maximum atomic E-state index is 5.32. The maximum absolute atomic E-state index is 5.32. The highest BCUT2D eigenvalue weighted by atomic mass is 32.1. The van der Waals surface area contributed by atoms with Gasteiger partial charge in [-0.1, -0.05) is 18.2 Å². The van der Waals surface area contributed by atoms with Crippen molar-refractivity contribution in [3.05, 3.63) is 29.8 Å². The molecule has 6 heteroatoms. The minimum atomic E-state index is 0.660. The summed E-state index contributed by atoms with van der Waals surface area (Å²) in [5, 5.41) is 7.12. The number of methoxy groups -OCH3 is 1. The van der Waals surface area contributed by atoms with E-state index in [1.54, 1.807) is 7.11 Å². The Labute approximate surface area is 131 Å². The number of hydrogen-bond donors (Lipinski definition) is 2. The molecule has 0 saturated carbocycles. The molecule has 1 aliphatic rings. The largest absolute Gasteiger partial charge is 0.496 e. The quantitative estimate of drug-likeness (QED) is 0.764. The van der Waals surface area contributed by atoms with Gasteiger partial charge in [0.25, 0.3) is 0 Å². The number of morpholine rings is 1. The van der Waals surface area contributed by atoms with E-state index in [4.69, 9.17) is 21.7 Å². The van der Waals surface area contributed by atoms with Crippen molar-refractivity contribution in [2.75, 3.05) is 46.5 Å². The number of hydrogen-bond acceptors (Lipinski definition) is 4. The SMILES string of the molecule is COc1ccccc1CNC(=S)NCCN1CCOCC1. The third-order valence-electron chi connectivity index (χ3n) is 3.45. The summed E-state index contributed by atoms with van der Waals surface area (Å²) in [4.78, 5) is 2.37. The maximum Gasteiger partial charge on any atom is 0.166 e. The molecule has 21 heavy (non-hydrogen) atoms. The third-order valence-corrected chi connectivity index (χ3v) is 3.74. The van der Waals surface area contributed by atoms with Gasteiger partial charge in [-0.3, -0.25) is 4.90 Å². The highest BCUT2D eigenvalue weighted by Gasteiger charge is 2.09. The van der Waals surface area contributed by atoms with Gasteiger partial charge in [0.05, 0.1) is 20.3 Å². The lowest BCUT2D eigenvalue weighted by Crippen LogP contribution is -2.43. The third kappa shape index (κ3) is 5.49. The fraction of sp³-hybridized carbons (Fsp3) is 0.533. The zero-order chi connectivity index (χ0) is 14.9. The summed E-state index contributed by atoms with van der Waals surface area (Å²) in [5.41, 5.74) is 1.09. The Balaban J connectivity index is 1.65. The molecule has 2 N–H and O–H groups in total. The van der Waals surface area contributed by atoms with Crippen LogP contribution in [0.1, 0.15) is 5.56 Å². The smallest absolute Gasteiger partial charge is 0.166 e. The monoisotopic (exact) mass is 309 g/mol. The first-order chi connectivity index (χ1) is 10.3. The molecule has 0 atom stereocenters. The van der Waals surface area contributed by atoms with Crippen LogP contribution in [0.5, 0.6) is 5.75 Å². The van der Waals surface area contributed by atoms with Gasteiger partial charge in [0.15, 0.2) is 5.11 Å². The summed E-state index contributed by atoms with van der Waals surface area (Å²) >= 11 is 5.29. The fourth-order valence-electron chi connectivity index (χ4n) is 2.24. The average molecular weight is 309 g/mol. The number of nitrogens with one attached hydrogen (secondary N) is 2. The van der Waals surface area contributed by atoms with E-state index in [0.717, 1.165) is 50.7 Å². The number of para-hydroxylation sites is 1. The Morgan fingerprint density at radius 3 is 2.81 bits per heavy atom. The normalized spacial score (nSPS) is 15.5. The molecule has 1 aliphatic heterocycles. The second kappa shape index (κ2) is 8.81. The number of ether oxygens (including phenoxy) is 2. The summed E-state index contributed by atoms with van der Waals surface area (Å²) in [6.45, 7) is 6.16. The van der Waals surface area contributed by atoms with E-state index >= 15 is 0 Å². The summed E-state index contributed by atoms with van der Waals surface area (Å²) < 4.78 is 10.6. The van der Waals surface area contributed by atoms with Gasteiger partial charge in [-0.05, 0) is 18.3 Å². The fourth-order valence-corrected chi connectivity index (χ4v) is 2.41. The van der Waals surface area contributed by atoms with E-state index in [0.29, 0.717) is 11.7 Å². The van der Waals surface area contributed by atoms with Gasteiger partial charge >= 0.3 is 0 Å². The van der Waals surface area contributed by atoms with Crippen LogP contribution < -0.4 is 15.4 Å². The lowest BCUT2D eigenvalue weighted by molar-refractivity contribution is 0.0389. The number of benzene rings is 1. The molecule has 1 fully saturated rings. The van der Waals surface area contributed by atoms with Crippen molar-refractivity contribution >= 4 is 17.3 Å². The van der Waals surface area contributed by atoms with Crippen molar-refractivity contribution in [3.63, 3.8) is 0 Å². The van der Waals surface area contributed by atoms with Gasteiger partial charge < -0.3 is 20.1 Å². The Bertz CT molecular complexity index is 450. The molecule has 5 nitrogen and oxygen atoms in total.